The second-order valence-electron chi connectivity index (χ2n) is 5.39. The molecule has 1 aromatic carbocycles. The van der Waals surface area contributed by atoms with E-state index in [4.69, 9.17) is 0 Å². The second kappa shape index (κ2) is 7.31. The lowest BCUT2D eigenvalue weighted by molar-refractivity contribution is 0.0926. The normalized spacial score (nSPS) is 11.9. The Labute approximate surface area is 148 Å². The molecule has 1 amide bonds. The van der Waals surface area contributed by atoms with Gasteiger partial charge in [-0.05, 0) is 23.4 Å². The molecule has 0 saturated heterocycles. The standard InChI is InChI=1S/C18H17N3O3S/c1-2-12(11-7-4-3-5-8-11)19-17(23)14-15(22)18(24)21-16(20-14)13-9-6-10-25-13/h3-10,12,22H,2H2,1H3,(H,19,23)(H,20,21,24). The first-order valence-corrected chi connectivity index (χ1v) is 8.67. The summed E-state index contributed by atoms with van der Waals surface area (Å²) < 4.78 is 0. The van der Waals surface area contributed by atoms with E-state index >= 15 is 0 Å². The fourth-order valence-electron chi connectivity index (χ4n) is 2.45. The third-order valence-electron chi connectivity index (χ3n) is 3.74. The maximum atomic E-state index is 12.6. The number of carbonyl (C=O) groups is 1. The van der Waals surface area contributed by atoms with Crippen molar-refractivity contribution in [1.29, 1.82) is 0 Å². The van der Waals surface area contributed by atoms with E-state index in [0.29, 0.717) is 11.3 Å². The van der Waals surface area contributed by atoms with E-state index in [2.05, 4.69) is 15.3 Å². The molecule has 2 heterocycles. The van der Waals surface area contributed by atoms with Gasteiger partial charge in [-0.15, -0.1) is 11.3 Å². The molecule has 0 spiro atoms. The van der Waals surface area contributed by atoms with Gasteiger partial charge in [0, 0.05) is 0 Å². The predicted octanol–water partition coefficient (Wildman–Crippen LogP) is 3.50. The number of carbonyl (C=O) groups excluding carboxylic acids is 1. The van der Waals surface area contributed by atoms with E-state index in [1.54, 1.807) is 6.07 Å². The van der Waals surface area contributed by atoms with Gasteiger partial charge in [0.05, 0.1) is 10.9 Å². The number of aromatic nitrogens is 2. The van der Waals surface area contributed by atoms with Crippen LogP contribution in [0.4, 0.5) is 0 Å². The second-order valence-corrected chi connectivity index (χ2v) is 6.34. The molecule has 0 fully saturated rings. The van der Waals surface area contributed by atoms with Crippen molar-refractivity contribution in [2.45, 2.75) is 19.4 Å². The maximum Gasteiger partial charge on any atom is 0.274 e. The lowest BCUT2D eigenvalue weighted by atomic mass is 10.0. The van der Waals surface area contributed by atoms with Crippen molar-refractivity contribution >= 4 is 17.2 Å². The van der Waals surface area contributed by atoms with Crippen molar-refractivity contribution in [3.8, 4) is 22.3 Å². The Morgan fingerprint density at radius 3 is 2.56 bits per heavy atom. The van der Waals surface area contributed by atoms with Crippen molar-refractivity contribution in [2.75, 3.05) is 0 Å². The smallest absolute Gasteiger partial charge is 0.274 e. The molecule has 6 nitrogen and oxygen atoms in total. The minimum absolute atomic E-state index is 0.197. The van der Waals surface area contributed by atoms with Crippen LogP contribution >= 0.6 is 11.3 Å². The van der Waals surface area contributed by atoms with Crippen LogP contribution in [0.1, 0.15) is 35.4 Å². The molecule has 0 bridgehead atoms. The topological polar surface area (TPSA) is 95.3 Å². The van der Waals surface area contributed by atoms with E-state index in [1.165, 1.54) is 11.3 Å². The quantitative estimate of drug-likeness (QED) is 0.651. The Morgan fingerprint density at radius 1 is 1.16 bits per heavy atom. The summed E-state index contributed by atoms with van der Waals surface area (Å²) in [6.45, 7) is 1.95. The number of thiophene rings is 1. The molecule has 0 radical (unpaired) electrons. The number of rotatable bonds is 5. The Morgan fingerprint density at radius 2 is 1.92 bits per heavy atom. The van der Waals surface area contributed by atoms with Gasteiger partial charge in [-0.2, -0.15) is 4.98 Å². The van der Waals surface area contributed by atoms with Gasteiger partial charge in [-0.3, -0.25) is 4.79 Å². The zero-order valence-electron chi connectivity index (χ0n) is 13.5. The average molecular weight is 355 g/mol. The van der Waals surface area contributed by atoms with Gasteiger partial charge < -0.3 is 15.5 Å². The summed E-state index contributed by atoms with van der Waals surface area (Å²) in [6, 6.07) is 12.9. The predicted molar refractivity (Wildman–Crippen MR) is 95.6 cm³/mol. The monoisotopic (exact) mass is 355 g/mol. The number of aromatic hydroxyl groups is 2. The summed E-state index contributed by atoms with van der Waals surface area (Å²) in [4.78, 5) is 21.3. The summed E-state index contributed by atoms with van der Waals surface area (Å²) in [7, 11) is 0. The first-order valence-electron chi connectivity index (χ1n) is 7.79. The number of hydrogen-bond acceptors (Lipinski definition) is 6. The van der Waals surface area contributed by atoms with Crippen LogP contribution in [0.2, 0.25) is 0 Å². The summed E-state index contributed by atoms with van der Waals surface area (Å²) in [6.07, 6.45) is 0.672. The van der Waals surface area contributed by atoms with Crippen LogP contribution in [0.3, 0.4) is 0 Å². The highest BCUT2D eigenvalue weighted by Gasteiger charge is 2.23. The van der Waals surface area contributed by atoms with Crippen LogP contribution < -0.4 is 5.32 Å². The van der Waals surface area contributed by atoms with Crippen LogP contribution in [0.25, 0.3) is 10.7 Å². The fraction of sp³-hybridized carbons (Fsp3) is 0.167. The van der Waals surface area contributed by atoms with Gasteiger partial charge in [0.25, 0.3) is 11.8 Å². The molecule has 3 rings (SSSR count). The molecule has 25 heavy (non-hydrogen) atoms. The third-order valence-corrected chi connectivity index (χ3v) is 4.60. The van der Waals surface area contributed by atoms with E-state index in [1.807, 2.05) is 48.7 Å². The fourth-order valence-corrected chi connectivity index (χ4v) is 3.11. The zero-order chi connectivity index (χ0) is 17.8. The van der Waals surface area contributed by atoms with E-state index in [9.17, 15) is 15.0 Å². The minimum Gasteiger partial charge on any atom is -0.501 e. The number of hydrogen-bond donors (Lipinski definition) is 3. The van der Waals surface area contributed by atoms with Gasteiger partial charge in [0.2, 0.25) is 5.75 Å². The van der Waals surface area contributed by atoms with Gasteiger partial charge >= 0.3 is 0 Å². The summed E-state index contributed by atoms with van der Waals surface area (Å²) in [5.74, 6) is -1.61. The molecule has 0 aliphatic heterocycles. The molecule has 7 heteroatoms. The van der Waals surface area contributed by atoms with Crippen molar-refractivity contribution < 1.29 is 15.0 Å². The van der Waals surface area contributed by atoms with E-state index < -0.39 is 17.5 Å². The Hall–Kier alpha value is -2.93. The van der Waals surface area contributed by atoms with E-state index in [-0.39, 0.29) is 17.6 Å². The lowest BCUT2D eigenvalue weighted by Gasteiger charge is -2.17. The SMILES string of the molecule is CCC(NC(=O)c1nc(-c2cccs2)nc(O)c1O)c1ccccc1. The molecule has 128 valence electrons. The minimum atomic E-state index is -0.624. The van der Waals surface area contributed by atoms with Gasteiger partial charge in [-0.1, -0.05) is 43.3 Å². The highest BCUT2D eigenvalue weighted by Crippen LogP contribution is 2.31. The first kappa shape index (κ1) is 16.9. The van der Waals surface area contributed by atoms with Gasteiger partial charge in [0.1, 0.15) is 0 Å². The molecular weight excluding hydrogens is 338 g/mol. The largest absolute Gasteiger partial charge is 0.501 e. The van der Waals surface area contributed by atoms with Crippen LogP contribution in [0.15, 0.2) is 47.8 Å². The molecule has 0 aliphatic carbocycles. The highest BCUT2D eigenvalue weighted by atomic mass is 32.1. The number of benzene rings is 1. The maximum absolute atomic E-state index is 12.6. The summed E-state index contributed by atoms with van der Waals surface area (Å²) in [5, 5.41) is 24.6. The lowest BCUT2D eigenvalue weighted by Crippen LogP contribution is -2.29. The first-order chi connectivity index (χ1) is 12.1. The van der Waals surface area contributed by atoms with Gasteiger partial charge in [0.15, 0.2) is 11.5 Å². The van der Waals surface area contributed by atoms with Crippen molar-refractivity contribution in [2.24, 2.45) is 0 Å². The van der Waals surface area contributed by atoms with Gasteiger partial charge in [-0.25, -0.2) is 4.98 Å². The number of amides is 1. The molecule has 3 aromatic rings. The van der Waals surface area contributed by atoms with Crippen LogP contribution in [-0.4, -0.2) is 26.1 Å². The highest BCUT2D eigenvalue weighted by molar-refractivity contribution is 7.13. The molecule has 2 aromatic heterocycles. The zero-order valence-corrected chi connectivity index (χ0v) is 14.3. The number of nitrogens with one attached hydrogen (secondary N) is 1. The van der Waals surface area contributed by atoms with Crippen molar-refractivity contribution in [3.05, 3.63) is 59.1 Å². The molecule has 3 N–H and O–H groups in total. The van der Waals surface area contributed by atoms with Crippen LogP contribution in [-0.2, 0) is 0 Å². The van der Waals surface area contributed by atoms with Crippen molar-refractivity contribution in [1.82, 2.24) is 15.3 Å². The molecule has 1 unspecified atom stereocenters. The third kappa shape index (κ3) is 3.61. The number of nitrogens with zero attached hydrogens (tertiary/aromatic N) is 2. The average Bonchev–Trinajstić information content (AvgIpc) is 3.17. The molecule has 0 saturated carbocycles. The Bertz CT molecular complexity index is 867. The van der Waals surface area contributed by atoms with Crippen LogP contribution in [0.5, 0.6) is 11.6 Å². The molecule has 0 aliphatic rings. The summed E-state index contributed by atoms with van der Waals surface area (Å²) >= 11 is 1.38. The van der Waals surface area contributed by atoms with E-state index in [0.717, 1.165) is 5.56 Å². The van der Waals surface area contributed by atoms with Crippen molar-refractivity contribution in [3.63, 3.8) is 0 Å². The Kier molecular flexibility index (Phi) is 4.95. The summed E-state index contributed by atoms with van der Waals surface area (Å²) in [5.41, 5.74) is 0.708. The van der Waals surface area contributed by atoms with Crippen LogP contribution in [0, 0.1) is 0 Å². The molecular formula is C18H17N3O3S. The molecule has 1 atom stereocenters. The Balaban J connectivity index is 1.91.